The molecule has 9 heteroatoms. The molecule has 0 aromatic rings. The lowest BCUT2D eigenvalue weighted by Crippen LogP contribution is -2.57. The van der Waals surface area contributed by atoms with E-state index in [0.717, 1.165) is 19.1 Å². The maximum Gasteiger partial charge on any atom is 0.334 e. The number of hydrogen-bond acceptors (Lipinski definition) is 5. The highest BCUT2D eigenvalue weighted by Gasteiger charge is 2.39. The number of nitrogens with zero attached hydrogens (tertiary/aromatic N) is 2. The first-order valence-electron chi connectivity index (χ1n) is 6.90. The number of aliphatic carboxylic acids is 1. The lowest BCUT2D eigenvalue weighted by molar-refractivity contribution is -0.160. The maximum atomic E-state index is 12.5. The molecule has 21 heavy (non-hydrogen) atoms. The van der Waals surface area contributed by atoms with Gasteiger partial charge >= 0.3 is 5.97 Å². The molecule has 120 valence electrons. The van der Waals surface area contributed by atoms with Crippen LogP contribution in [0, 0.1) is 0 Å². The molecule has 2 unspecified atom stereocenters. The number of carboxylic acid groups (broad SMARTS) is 1. The van der Waals surface area contributed by atoms with E-state index in [0.29, 0.717) is 13.0 Å². The van der Waals surface area contributed by atoms with E-state index in [-0.39, 0.29) is 25.6 Å². The zero-order chi connectivity index (χ0) is 15.6. The minimum atomic E-state index is -3.45. The van der Waals surface area contributed by atoms with Crippen molar-refractivity contribution < 1.29 is 27.9 Å². The van der Waals surface area contributed by atoms with Crippen LogP contribution in [-0.4, -0.2) is 79.2 Å². The van der Waals surface area contributed by atoms with Gasteiger partial charge in [-0.15, -0.1) is 0 Å². The SMILES string of the molecule is CS(=O)(=O)N1CCCCC1C(=O)N1CCOC(C(=O)O)C1. The van der Waals surface area contributed by atoms with Crippen LogP contribution < -0.4 is 0 Å². The second kappa shape index (κ2) is 6.29. The van der Waals surface area contributed by atoms with Crippen LogP contribution in [-0.2, 0) is 24.3 Å². The van der Waals surface area contributed by atoms with Crippen molar-refractivity contribution in [1.29, 1.82) is 0 Å². The Labute approximate surface area is 123 Å². The first-order valence-corrected chi connectivity index (χ1v) is 8.75. The molecule has 2 aliphatic rings. The summed E-state index contributed by atoms with van der Waals surface area (Å²) in [5.41, 5.74) is 0. The zero-order valence-electron chi connectivity index (χ0n) is 11.9. The Morgan fingerprint density at radius 3 is 2.57 bits per heavy atom. The molecule has 0 radical (unpaired) electrons. The number of piperidine rings is 1. The van der Waals surface area contributed by atoms with Crippen molar-refractivity contribution in [2.75, 3.05) is 32.5 Å². The van der Waals surface area contributed by atoms with E-state index < -0.39 is 28.1 Å². The predicted octanol–water partition coefficient (Wildman–Crippen LogP) is -0.887. The summed E-state index contributed by atoms with van der Waals surface area (Å²) in [6.45, 7) is 0.731. The van der Waals surface area contributed by atoms with E-state index in [1.165, 1.54) is 9.21 Å². The predicted molar refractivity (Wildman–Crippen MR) is 73.1 cm³/mol. The summed E-state index contributed by atoms with van der Waals surface area (Å²) in [6.07, 6.45) is 2.05. The highest BCUT2D eigenvalue weighted by Crippen LogP contribution is 2.22. The standard InChI is InChI=1S/C12H20N2O6S/c1-21(18,19)14-5-3-2-4-9(14)11(15)13-6-7-20-10(8-13)12(16)17/h9-10H,2-8H2,1H3,(H,16,17). The number of ether oxygens (including phenoxy) is 1. The molecule has 0 saturated carbocycles. The van der Waals surface area contributed by atoms with E-state index in [2.05, 4.69) is 0 Å². The average molecular weight is 320 g/mol. The number of hydrogen-bond donors (Lipinski definition) is 1. The Bertz CT molecular complexity index is 520. The van der Waals surface area contributed by atoms with Crippen molar-refractivity contribution in [1.82, 2.24) is 9.21 Å². The van der Waals surface area contributed by atoms with Crippen LogP contribution in [0.1, 0.15) is 19.3 Å². The van der Waals surface area contributed by atoms with Gasteiger partial charge in [-0.05, 0) is 12.8 Å². The van der Waals surface area contributed by atoms with E-state index in [9.17, 15) is 18.0 Å². The van der Waals surface area contributed by atoms with Gasteiger partial charge in [0.1, 0.15) is 6.04 Å². The topological polar surface area (TPSA) is 104 Å². The summed E-state index contributed by atoms with van der Waals surface area (Å²) in [6, 6.07) is -0.721. The average Bonchev–Trinajstić information content (AvgIpc) is 2.45. The molecule has 0 aromatic heterocycles. The van der Waals surface area contributed by atoms with E-state index >= 15 is 0 Å². The molecule has 2 fully saturated rings. The lowest BCUT2D eigenvalue weighted by atomic mass is 10.0. The number of carboxylic acids is 1. The van der Waals surface area contributed by atoms with Crippen molar-refractivity contribution in [2.24, 2.45) is 0 Å². The summed E-state index contributed by atoms with van der Waals surface area (Å²) in [4.78, 5) is 24.9. The first kappa shape index (κ1) is 16.2. The van der Waals surface area contributed by atoms with Crippen LogP contribution >= 0.6 is 0 Å². The zero-order valence-corrected chi connectivity index (χ0v) is 12.7. The summed E-state index contributed by atoms with van der Waals surface area (Å²) >= 11 is 0. The number of morpholine rings is 1. The molecule has 2 heterocycles. The minimum Gasteiger partial charge on any atom is -0.479 e. The van der Waals surface area contributed by atoms with Gasteiger partial charge in [0.05, 0.1) is 19.4 Å². The van der Waals surface area contributed by atoms with Crippen molar-refractivity contribution in [2.45, 2.75) is 31.4 Å². The molecular weight excluding hydrogens is 300 g/mol. The van der Waals surface area contributed by atoms with E-state index in [1.54, 1.807) is 0 Å². The fourth-order valence-electron chi connectivity index (χ4n) is 2.76. The van der Waals surface area contributed by atoms with Crippen molar-refractivity contribution in [3.05, 3.63) is 0 Å². The molecule has 2 atom stereocenters. The molecule has 2 saturated heterocycles. The Morgan fingerprint density at radius 1 is 1.24 bits per heavy atom. The van der Waals surface area contributed by atoms with Crippen LogP contribution in [0.4, 0.5) is 0 Å². The second-order valence-corrected chi connectivity index (χ2v) is 7.30. The van der Waals surface area contributed by atoms with Gasteiger partial charge in [-0.1, -0.05) is 6.42 Å². The largest absolute Gasteiger partial charge is 0.479 e. The molecule has 0 spiro atoms. The third-order valence-electron chi connectivity index (χ3n) is 3.82. The van der Waals surface area contributed by atoms with Gasteiger partial charge in [0.15, 0.2) is 6.10 Å². The fraction of sp³-hybridized carbons (Fsp3) is 0.833. The van der Waals surface area contributed by atoms with Crippen LogP contribution in [0.5, 0.6) is 0 Å². The summed E-state index contributed by atoms with van der Waals surface area (Å²) in [5.74, 6) is -1.44. The Kier molecular flexibility index (Phi) is 4.84. The van der Waals surface area contributed by atoms with Crippen LogP contribution in [0.15, 0.2) is 0 Å². The molecule has 0 bridgehead atoms. The Hall–Kier alpha value is -1.19. The van der Waals surface area contributed by atoms with Gasteiger partial charge < -0.3 is 14.7 Å². The minimum absolute atomic E-state index is 0.0394. The van der Waals surface area contributed by atoms with Crippen LogP contribution in [0.2, 0.25) is 0 Å². The van der Waals surface area contributed by atoms with Gasteiger partial charge in [-0.25, -0.2) is 13.2 Å². The molecule has 0 aliphatic carbocycles. The third kappa shape index (κ3) is 3.72. The van der Waals surface area contributed by atoms with Gasteiger partial charge in [-0.3, -0.25) is 4.79 Å². The Morgan fingerprint density at radius 2 is 1.95 bits per heavy atom. The summed E-state index contributed by atoms with van der Waals surface area (Å²) in [7, 11) is -3.45. The first-order chi connectivity index (χ1) is 9.80. The van der Waals surface area contributed by atoms with Crippen molar-refractivity contribution in [3.63, 3.8) is 0 Å². The van der Waals surface area contributed by atoms with Crippen LogP contribution in [0.25, 0.3) is 0 Å². The summed E-state index contributed by atoms with van der Waals surface area (Å²) < 4.78 is 29.9. The number of carbonyl (C=O) groups excluding carboxylic acids is 1. The van der Waals surface area contributed by atoms with Gasteiger partial charge in [0.25, 0.3) is 0 Å². The third-order valence-corrected chi connectivity index (χ3v) is 5.11. The molecule has 0 aromatic carbocycles. The molecule has 1 amide bonds. The fourth-order valence-corrected chi connectivity index (χ4v) is 3.88. The normalized spacial score (nSPS) is 28.3. The lowest BCUT2D eigenvalue weighted by Gasteiger charge is -2.38. The van der Waals surface area contributed by atoms with Gasteiger partial charge in [-0.2, -0.15) is 4.31 Å². The highest BCUT2D eigenvalue weighted by atomic mass is 32.2. The van der Waals surface area contributed by atoms with Gasteiger partial charge in [0.2, 0.25) is 15.9 Å². The van der Waals surface area contributed by atoms with E-state index in [1.807, 2.05) is 0 Å². The molecule has 8 nitrogen and oxygen atoms in total. The van der Waals surface area contributed by atoms with Gasteiger partial charge in [0, 0.05) is 13.1 Å². The molecular formula is C12H20N2O6S. The monoisotopic (exact) mass is 320 g/mol. The molecule has 1 N–H and O–H groups in total. The highest BCUT2D eigenvalue weighted by molar-refractivity contribution is 7.88. The van der Waals surface area contributed by atoms with Crippen molar-refractivity contribution in [3.8, 4) is 0 Å². The number of sulfonamides is 1. The maximum absolute atomic E-state index is 12.5. The smallest absolute Gasteiger partial charge is 0.334 e. The number of rotatable bonds is 3. The number of amides is 1. The van der Waals surface area contributed by atoms with Crippen molar-refractivity contribution >= 4 is 21.9 Å². The van der Waals surface area contributed by atoms with Crippen LogP contribution in [0.3, 0.4) is 0 Å². The number of carbonyl (C=O) groups is 2. The summed E-state index contributed by atoms with van der Waals surface area (Å²) in [5, 5.41) is 8.96. The second-order valence-electron chi connectivity index (χ2n) is 5.37. The molecule has 2 aliphatic heterocycles. The Balaban J connectivity index is 2.12. The van der Waals surface area contributed by atoms with E-state index in [4.69, 9.17) is 9.84 Å². The quantitative estimate of drug-likeness (QED) is 0.723. The molecule has 2 rings (SSSR count).